The minimum Gasteiger partial charge on any atom is -0.543 e. The summed E-state index contributed by atoms with van der Waals surface area (Å²) in [6, 6.07) is 20.9. The average Bonchev–Trinajstić information content (AvgIpc) is 2.80. The minimum atomic E-state index is -1.90. The number of hydrogen-bond acceptors (Lipinski definition) is 4. The fourth-order valence-electron chi connectivity index (χ4n) is 4.26. The van der Waals surface area contributed by atoms with Gasteiger partial charge in [-0.25, -0.2) is 0 Å². The van der Waals surface area contributed by atoms with E-state index in [4.69, 9.17) is 13.9 Å². The molecule has 0 unspecified atom stereocenters. The summed E-state index contributed by atoms with van der Waals surface area (Å²) in [5.41, 5.74) is 6.60. The van der Waals surface area contributed by atoms with Crippen LogP contribution in [0.1, 0.15) is 70.2 Å². The zero-order valence-corrected chi connectivity index (χ0v) is 26.5. The van der Waals surface area contributed by atoms with Gasteiger partial charge >= 0.3 is 5.97 Å². The molecule has 3 rings (SSSR count). The zero-order valence-electron chi connectivity index (χ0n) is 25.5. The topological polar surface area (TPSA) is 44.8 Å². The first-order valence-electron chi connectivity index (χ1n) is 13.9. The van der Waals surface area contributed by atoms with Gasteiger partial charge in [0.25, 0.3) is 0 Å². The summed E-state index contributed by atoms with van der Waals surface area (Å²) in [4.78, 5) is 12.0. The van der Waals surface area contributed by atoms with Crippen molar-refractivity contribution in [2.45, 2.75) is 98.6 Å². The van der Waals surface area contributed by atoms with Crippen molar-refractivity contribution in [3.05, 3.63) is 82.9 Å². The predicted octanol–water partition coefficient (Wildman–Crippen LogP) is 9.21. The molecule has 3 aromatic carbocycles. The monoisotopic (exact) mass is 546 g/mol. The Bertz CT molecular complexity index is 1250. The fraction of sp³-hybridized carbons (Fsp3) is 0.441. The van der Waals surface area contributed by atoms with Crippen LogP contribution in [0.2, 0.25) is 18.1 Å². The standard InChI is InChI=1S/C34H46O4Si/c1-24-20-30(38-39(9,10)34(6,7)8)21-25(2)32(24)28-13-11-12-27(22-28)23-36-29-17-14-26(15-18-29)16-19-31(35)37-33(3,4)5/h11-15,17-18,20-22H,16,19,23H2,1-10H3. The van der Waals surface area contributed by atoms with Gasteiger partial charge in [-0.2, -0.15) is 0 Å². The molecule has 0 saturated heterocycles. The van der Waals surface area contributed by atoms with Gasteiger partial charge in [0.05, 0.1) is 0 Å². The van der Waals surface area contributed by atoms with Crippen LogP contribution in [0.3, 0.4) is 0 Å². The van der Waals surface area contributed by atoms with Gasteiger partial charge in [-0.05, 0) is 123 Å². The summed E-state index contributed by atoms with van der Waals surface area (Å²) in [6.07, 6.45) is 1.02. The summed E-state index contributed by atoms with van der Waals surface area (Å²) in [6.45, 7) is 21.8. The number of aryl methyl sites for hydroxylation is 3. The highest BCUT2D eigenvalue weighted by Crippen LogP contribution is 2.39. The van der Waals surface area contributed by atoms with E-state index >= 15 is 0 Å². The Hall–Kier alpha value is -3.05. The second kappa shape index (κ2) is 12.0. The Balaban J connectivity index is 1.65. The van der Waals surface area contributed by atoms with E-state index in [1.807, 2.05) is 45.0 Å². The highest BCUT2D eigenvalue weighted by molar-refractivity contribution is 6.74. The van der Waals surface area contributed by atoms with Crippen LogP contribution >= 0.6 is 0 Å². The first-order chi connectivity index (χ1) is 18.0. The number of carbonyl (C=O) groups is 1. The smallest absolute Gasteiger partial charge is 0.306 e. The van der Waals surface area contributed by atoms with Gasteiger partial charge in [0.1, 0.15) is 23.7 Å². The van der Waals surface area contributed by atoms with Crippen molar-refractivity contribution in [1.82, 2.24) is 0 Å². The SMILES string of the molecule is Cc1cc(O[Si](C)(C)C(C)(C)C)cc(C)c1-c1cccc(COc2ccc(CCC(=O)OC(C)(C)C)cc2)c1. The van der Waals surface area contributed by atoms with Crippen molar-refractivity contribution in [2.24, 2.45) is 0 Å². The molecule has 39 heavy (non-hydrogen) atoms. The lowest BCUT2D eigenvalue weighted by Gasteiger charge is -2.36. The zero-order chi connectivity index (χ0) is 29.0. The van der Waals surface area contributed by atoms with Crippen LogP contribution < -0.4 is 9.16 Å². The maximum atomic E-state index is 12.0. The summed E-state index contributed by atoms with van der Waals surface area (Å²) < 4.78 is 18.1. The van der Waals surface area contributed by atoms with E-state index in [-0.39, 0.29) is 11.0 Å². The van der Waals surface area contributed by atoms with E-state index in [2.05, 4.69) is 84.1 Å². The lowest BCUT2D eigenvalue weighted by Crippen LogP contribution is -2.43. The van der Waals surface area contributed by atoms with Gasteiger partial charge in [-0.3, -0.25) is 4.79 Å². The van der Waals surface area contributed by atoms with Crippen molar-refractivity contribution in [2.75, 3.05) is 0 Å². The Morgan fingerprint density at radius 2 is 1.41 bits per heavy atom. The third-order valence-corrected chi connectivity index (χ3v) is 11.6. The summed E-state index contributed by atoms with van der Waals surface area (Å²) in [5.74, 6) is 1.60. The fourth-order valence-corrected chi connectivity index (χ4v) is 5.27. The van der Waals surface area contributed by atoms with E-state index in [9.17, 15) is 4.79 Å². The van der Waals surface area contributed by atoms with Crippen molar-refractivity contribution in [1.29, 1.82) is 0 Å². The third kappa shape index (κ3) is 8.72. The van der Waals surface area contributed by atoms with Crippen molar-refractivity contribution in [3.63, 3.8) is 0 Å². The first kappa shape index (κ1) is 30.5. The average molecular weight is 547 g/mol. The largest absolute Gasteiger partial charge is 0.543 e. The lowest BCUT2D eigenvalue weighted by molar-refractivity contribution is -0.154. The number of carbonyl (C=O) groups excluding carboxylic acids is 1. The van der Waals surface area contributed by atoms with Gasteiger partial charge in [0.2, 0.25) is 8.32 Å². The Labute approximate surface area is 236 Å². The van der Waals surface area contributed by atoms with Gasteiger partial charge in [-0.15, -0.1) is 0 Å². The molecule has 0 aliphatic carbocycles. The molecule has 0 aliphatic rings. The van der Waals surface area contributed by atoms with Crippen LogP contribution in [0, 0.1) is 13.8 Å². The van der Waals surface area contributed by atoms with Gasteiger partial charge in [-0.1, -0.05) is 51.1 Å². The molecule has 0 saturated carbocycles. The quantitative estimate of drug-likeness (QED) is 0.198. The van der Waals surface area contributed by atoms with Crippen molar-refractivity contribution >= 4 is 14.3 Å². The van der Waals surface area contributed by atoms with E-state index in [1.54, 1.807) is 0 Å². The van der Waals surface area contributed by atoms with Crippen molar-refractivity contribution < 1.29 is 18.7 Å². The molecule has 0 atom stereocenters. The molecule has 0 heterocycles. The molecule has 4 nitrogen and oxygen atoms in total. The Morgan fingerprint density at radius 1 is 0.795 bits per heavy atom. The third-order valence-electron chi connectivity index (χ3n) is 7.27. The molecule has 210 valence electrons. The summed E-state index contributed by atoms with van der Waals surface area (Å²) in [7, 11) is -1.90. The van der Waals surface area contributed by atoms with Gasteiger partial charge < -0.3 is 13.9 Å². The van der Waals surface area contributed by atoms with Gasteiger partial charge in [0, 0.05) is 6.42 Å². The molecule has 3 aromatic rings. The molecule has 0 radical (unpaired) electrons. The van der Waals surface area contributed by atoms with Gasteiger partial charge in [0.15, 0.2) is 0 Å². The second-order valence-corrected chi connectivity index (χ2v) is 17.7. The van der Waals surface area contributed by atoms with E-state index in [0.717, 1.165) is 22.6 Å². The second-order valence-electron chi connectivity index (χ2n) is 13.0. The van der Waals surface area contributed by atoms with E-state index in [0.29, 0.717) is 19.4 Å². The summed E-state index contributed by atoms with van der Waals surface area (Å²) in [5, 5.41) is 0.155. The molecular weight excluding hydrogens is 500 g/mol. The van der Waals surface area contributed by atoms with E-state index in [1.165, 1.54) is 22.3 Å². The molecule has 0 bridgehead atoms. The predicted molar refractivity (Wildman–Crippen MR) is 164 cm³/mol. The first-order valence-corrected chi connectivity index (χ1v) is 16.8. The van der Waals surface area contributed by atoms with Crippen LogP contribution in [-0.4, -0.2) is 19.9 Å². The molecule has 5 heteroatoms. The molecule has 0 aliphatic heterocycles. The normalized spacial score (nSPS) is 12.3. The summed E-state index contributed by atoms with van der Waals surface area (Å²) >= 11 is 0. The molecule has 0 amide bonds. The number of rotatable bonds is 9. The number of ether oxygens (including phenoxy) is 2. The minimum absolute atomic E-state index is 0.155. The molecule has 0 spiro atoms. The van der Waals surface area contributed by atoms with Crippen LogP contribution in [0.4, 0.5) is 0 Å². The molecule has 0 N–H and O–H groups in total. The number of hydrogen-bond donors (Lipinski definition) is 0. The lowest BCUT2D eigenvalue weighted by atomic mass is 9.94. The Kier molecular flexibility index (Phi) is 9.38. The van der Waals surface area contributed by atoms with Crippen molar-refractivity contribution in [3.8, 4) is 22.6 Å². The molecular formula is C34H46O4Si. The molecule has 0 fully saturated rings. The number of benzene rings is 3. The highest BCUT2D eigenvalue weighted by Gasteiger charge is 2.39. The van der Waals surface area contributed by atoms with Crippen LogP contribution in [0.15, 0.2) is 60.7 Å². The highest BCUT2D eigenvalue weighted by atomic mass is 28.4. The number of esters is 1. The molecule has 0 aromatic heterocycles. The maximum absolute atomic E-state index is 12.0. The van der Waals surface area contributed by atoms with Crippen LogP contribution in [-0.2, 0) is 22.6 Å². The van der Waals surface area contributed by atoms with Crippen LogP contribution in [0.5, 0.6) is 11.5 Å². The van der Waals surface area contributed by atoms with E-state index < -0.39 is 13.9 Å². The van der Waals surface area contributed by atoms with Crippen LogP contribution in [0.25, 0.3) is 11.1 Å². The maximum Gasteiger partial charge on any atom is 0.306 e. The Morgan fingerprint density at radius 3 is 1.97 bits per heavy atom.